The van der Waals surface area contributed by atoms with Crippen molar-refractivity contribution in [3.05, 3.63) is 211 Å². The fourth-order valence-electron chi connectivity index (χ4n) is 10.2. The molecule has 1 aromatic heterocycles. The summed E-state index contributed by atoms with van der Waals surface area (Å²) in [5.41, 5.74) is 13.5. The fourth-order valence-corrected chi connectivity index (χ4v) is 11.4. The SMILES string of the molecule is CC1(C)c2c(-c3cccc4c3sc3ccccc34)cccc2-c2c(N(c3ccc(-c4ccccc4)cc3)c3cc4ccccc4c4ccccc34)ccc3cccc1c23. The Morgan fingerprint density at radius 3 is 1.90 bits per heavy atom. The van der Waals surface area contributed by atoms with Crippen molar-refractivity contribution in [1.82, 2.24) is 0 Å². The van der Waals surface area contributed by atoms with Gasteiger partial charge in [-0.3, -0.25) is 0 Å². The quantitative estimate of drug-likeness (QED) is 0.158. The summed E-state index contributed by atoms with van der Waals surface area (Å²) in [7, 11) is 0. The summed E-state index contributed by atoms with van der Waals surface area (Å²) in [5.74, 6) is 0. The van der Waals surface area contributed by atoms with Crippen LogP contribution in [0.1, 0.15) is 25.0 Å². The standard InChI is InChI=1S/C57H39NS/c1-57(2)49-27-12-18-38-31-34-50(54(53(38)49)48-26-13-23-45(55(48)57)47-25-14-24-46-44-22-10-11-28-52(44)59-56(46)47)58(40-32-29-37(30-33-40)36-15-4-3-5-16-36)51-35-39-17-6-7-19-41(39)42-20-8-9-21-43(42)51/h3-35H,1-2H3. The van der Waals surface area contributed by atoms with E-state index in [1.165, 1.54) is 103 Å². The smallest absolute Gasteiger partial charge is 0.0546 e. The molecule has 59 heavy (non-hydrogen) atoms. The molecule has 2 heteroatoms. The van der Waals surface area contributed by atoms with E-state index in [0.29, 0.717) is 0 Å². The van der Waals surface area contributed by atoms with Crippen LogP contribution in [0.15, 0.2) is 200 Å². The van der Waals surface area contributed by atoms with Gasteiger partial charge in [0.1, 0.15) is 0 Å². The van der Waals surface area contributed by atoms with Gasteiger partial charge in [-0.15, -0.1) is 11.3 Å². The van der Waals surface area contributed by atoms with Crippen molar-refractivity contribution in [2.45, 2.75) is 19.3 Å². The highest BCUT2D eigenvalue weighted by molar-refractivity contribution is 7.26. The zero-order chi connectivity index (χ0) is 39.2. The van der Waals surface area contributed by atoms with E-state index >= 15 is 0 Å². The van der Waals surface area contributed by atoms with Gasteiger partial charge in [-0.25, -0.2) is 0 Å². The van der Waals surface area contributed by atoms with E-state index in [0.717, 1.165) is 11.4 Å². The van der Waals surface area contributed by atoms with Gasteiger partial charge in [-0.05, 0) is 96.2 Å². The molecule has 0 fully saturated rings. The first-order valence-corrected chi connectivity index (χ1v) is 21.3. The summed E-state index contributed by atoms with van der Waals surface area (Å²) in [6.07, 6.45) is 0. The number of hydrogen-bond donors (Lipinski definition) is 0. The van der Waals surface area contributed by atoms with Crippen molar-refractivity contribution in [3.63, 3.8) is 0 Å². The number of nitrogens with zero attached hydrogens (tertiary/aromatic N) is 1. The molecule has 0 aliphatic heterocycles. The predicted octanol–water partition coefficient (Wildman–Crippen LogP) is 16.6. The maximum Gasteiger partial charge on any atom is 0.0546 e. The van der Waals surface area contributed by atoms with Gasteiger partial charge in [-0.2, -0.15) is 0 Å². The van der Waals surface area contributed by atoms with Crippen LogP contribution in [-0.4, -0.2) is 0 Å². The number of fused-ring (bicyclic) bond motifs is 8. The van der Waals surface area contributed by atoms with Gasteiger partial charge in [0.2, 0.25) is 0 Å². The van der Waals surface area contributed by atoms with E-state index in [2.05, 4.69) is 219 Å². The van der Waals surface area contributed by atoms with Crippen LogP contribution >= 0.6 is 11.3 Å². The summed E-state index contributed by atoms with van der Waals surface area (Å²) in [4.78, 5) is 2.54. The summed E-state index contributed by atoms with van der Waals surface area (Å²) in [6, 6.07) is 74.4. The second-order valence-corrected chi connectivity index (χ2v) is 17.5. The molecular formula is C57H39NS. The van der Waals surface area contributed by atoms with Crippen LogP contribution in [0.5, 0.6) is 0 Å². The molecule has 1 heterocycles. The molecule has 0 bridgehead atoms. The maximum atomic E-state index is 2.54. The lowest BCUT2D eigenvalue weighted by atomic mass is 9.66. The highest BCUT2D eigenvalue weighted by atomic mass is 32.1. The topological polar surface area (TPSA) is 3.24 Å². The zero-order valence-corrected chi connectivity index (χ0v) is 33.7. The normalized spacial score (nSPS) is 13.1. The Morgan fingerprint density at radius 1 is 0.424 bits per heavy atom. The van der Waals surface area contributed by atoms with Gasteiger partial charge in [0, 0.05) is 42.2 Å². The fraction of sp³-hybridized carbons (Fsp3) is 0.0526. The minimum atomic E-state index is -0.270. The minimum absolute atomic E-state index is 0.270. The van der Waals surface area contributed by atoms with Crippen molar-refractivity contribution in [1.29, 1.82) is 0 Å². The van der Waals surface area contributed by atoms with Gasteiger partial charge in [0.15, 0.2) is 0 Å². The van der Waals surface area contributed by atoms with Gasteiger partial charge < -0.3 is 4.90 Å². The molecule has 1 aliphatic carbocycles. The highest BCUT2D eigenvalue weighted by Crippen LogP contribution is 2.57. The molecule has 0 atom stereocenters. The number of hydrogen-bond acceptors (Lipinski definition) is 2. The monoisotopic (exact) mass is 769 g/mol. The van der Waals surface area contributed by atoms with Crippen molar-refractivity contribution < 1.29 is 0 Å². The van der Waals surface area contributed by atoms with Gasteiger partial charge in [0.05, 0.1) is 11.4 Å². The van der Waals surface area contributed by atoms with E-state index in [-0.39, 0.29) is 5.41 Å². The molecule has 0 saturated carbocycles. The zero-order valence-electron chi connectivity index (χ0n) is 32.9. The maximum absolute atomic E-state index is 2.54. The molecule has 1 aliphatic rings. The first kappa shape index (κ1) is 34.1. The van der Waals surface area contributed by atoms with Crippen LogP contribution in [0.25, 0.3) is 85.9 Å². The third-order valence-electron chi connectivity index (χ3n) is 12.8. The molecule has 0 radical (unpaired) electrons. The van der Waals surface area contributed by atoms with Crippen molar-refractivity contribution in [3.8, 4) is 33.4 Å². The largest absolute Gasteiger partial charge is 0.309 e. The molecular weight excluding hydrogens is 731 g/mol. The third kappa shape index (κ3) is 5.10. The van der Waals surface area contributed by atoms with Crippen LogP contribution in [0.2, 0.25) is 0 Å². The number of benzene rings is 10. The average Bonchev–Trinajstić information content (AvgIpc) is 3.68. The molecule has 0 amide bonds. The summed E-state index contributed by atoms with van der Waals surface area (Å²) in [6.45, 7) is 4.86. The highest BCUT2D eigenvalue weighted by Gasteiger charge is 2.38. The predicted molar refractivity (Wildman–Crippen MR) is 255 cm³/mol. The van der Waals surface area contributed by atoms with Crippen LogP contribution in [-0.2, 0) is 5.41 Å². The molecule has 0 spiro atoms. The van der Waals surface area contributed by atoms with Crippen molar-refractivity contribution in [2.75, 3.05) is 4.90 Å². The van der Waals surface area contributed by atoms with E-state index in [1.54, 1.807) is 0 Å². The van der Waals surface area contributed by atoms with E-state index in [9.17, 15) is 0 Å². The summed E-state index contributed by atoms with van der Waals surface area (Å²) < 4.78 is 2.67. The molecule has 278 valence electrons. The molecule has 11 aromatic rings. The van der Waals surface area contributed by atoms with E-state index in [4.69, 9.17) is 0 Å². The Bertz CT molecular complexity index is 3460. The Kier molecular flexibility index (Phi) is 7.51. The minimum Gasteiger partial charge on any atom is -0.309 e. The molecule has 0 unspecified atom stereocenters. The van der Waals surface area contributed by atoms with E-state index < -0.39 is 0 Å². The van der Waals surface area contributed by atoms with Crippen LogP contribution in [0.4, 0.5) is 17.1 Å². The van der Waals surface area contributed by atoms with Gasteiger partial charge in [0.25, 0.3) is 0 Å². The van der Waals surface area contributed by atoms with Crippen LogP contribution in [0.3, 0.4) is 0 Å². The summed E-state index contributed by atoms with van der Waals surface area (Å²) in [5, 5.41) is 10.2. The Morgan fingerprint density at radius 2 is 1.05 bits per heavy atom. The van der Waals surface area contributed by atoms with Crippen molar-refractivity contribution >= 4 is 80.9 Å². The van der Waals surface area contributed by atoms with Crippen LogP contribution in [0, 0.1) is 0 Å². The van der Waals surface area contributed by atoms with Crippen LogP contribution < -0.4 is 4.90 Å². The third-order valence-corrected chi connectivity index (χ3v) is 14.0. The second kappa shape index (κ2) is 13.0. The van der Waals surface area contributed by atoms with Gasteiger partial charge in [-0.1, -0.05) is 184 Å². The molecule has 10 aromatic carbocycles. The van der Waals surface area contributed by atoms with E-state index in [1.807, 2.05) is 11.3 Å². The molecule has 0 saturated heterocycles. The Labute approximate surface area is 348 Å². The first-order chi connectivity index (χ1) is 29.0. The Balaban J connectivity index is 1.18. The average molecular weight is 770 g/mol. The Hall–Kier alpha value is -7.00. The number of rotatable bonds is 5. The first-order valence-electron chi connectivity index (χ1n) is 20.5. The second-order valence-electron chi connectivity index (χ2n) is 16.4. The van der Waals surface area contributed by atoms with Crippen molar-refractivity contribution in [2.24, 2.45) is 0 Å². The molecule has 1 nitrogen and oxygen atoms in total. The summed E-state index contributed by atoms with van der Waals surface area (Å²) >= 11 is 1.91. The molecule has 0 N–H and O–H groups in total. The lowest BCUT2D eigenvalue weighted by Crippen LogP contribution is -2.25. The molecule has 12 rings (SSSR count). The lowest BCUT2D eigenvalue weighted by Gasteiger charge is -2.39. The van der Waals surface area contributed by atoms with Gasteiger partial charge >= 0.3 is 0 Å². The number of anilines is 3. The lowest BCUT2D eigenvalue weighted by molar-refractivity contribution is 0.647. The number of thiophene rings is 1.